The SMILES string of the molecule is CC1(C(=O)NCCCOC2CCCC2)CCCNC1. The Labute approximate surface area is 116 Å². The molecule has 4 nitrogen and oxygen atoms in total. The number of amides is 1. The van der Waals surface area contributed by atoms with Crippen LogP contribution >= 0.6 is 0 Å². The number of ether oxygens (including phenoxy) is 1. The number of hydrogen-bond acceptors (Lipinski definition) is 3. The molecule has 1 aliphatic carbocycles. The Bertz CT molecular complexity index is 282. The number of piperidine rings is 1. The van der Waals surface area contributed by atoms with E-state index >= 15 is 0 Å². The van der Waals surface area contributed by atoms with Crippen LogP contribution in [0.25, 0.3) is 0 Å². The Hall–Kier alpha value is -0.610. The van der Waals surface area contributed by atoms with Crippen LogP contribution in [0.2, 0.25) is 0 Å². The van der Waals surface area contributed by atoms with Gasteiger partial charge in [-0.1, -0.05) is 12.8 Å². The van der Waals surface area contributed by atoms with Crippen molar-refractivity contribution < 1.29 is 9.53 Å². The summed E-state index contributed by atoms with van der Waals surface area (Å²) >= 11 is 0. The van der Waals surface area contributed by atoms with Crippen LogP contribution in [-0.4, -0.2) is 38.3 Å². The Balaban J connectivity index is 1.55. The minimum atomic E-state index is -0.218. The van der Waals surface area contributed by atoms with E-state index in [0.29, 0.717) is 6.10 Å². The molecule has 2 N–H and O–H groups in total. The van der Waals surface area contributed by atoms with Gasteiger partial charge in [0, 0.05) is 19.7 Å². The average molecular weight is 268 g/mol. The summed E-state index contributed by atoms with van der Waals surface area (Å²) in [6, 6.07) is 0. The van der Waals surface area contributed by atoms with Gasteiger partial charge >= 0.3 is 0 Å². The Morgan fingerprint density at radius 3 is 2.84 bits per heavy atom. The van der Waals surface area contributed by atoms with Crippen molar-refractivity contribution in [3.63, 3.8) is 0 Å². The number of rotatable bonds is 6. The second-order valence-electron chi connectivity index (χ2n) is 6.23. The van der Waals surface area contributed by atoms with Crippen molar-refractivity contribution in [2.75, 3.05) is 26.2 Å². The third kappa shape index (κ3) is 4.46. The van der Waals surface area contributed by atoms with E-state index in [0.717, 1.165) is 45.5 Å². The van der Waals surface area contributed by atoms with E-state index in [9.17, 15) is 4.79 Å². The molecule has 1 heterocycles. The van der Waals surface area contributed by atoms with E-state index in [2.05, 4.69) is 17.6 Å². The first-order valence-electron chi connectivity index (χ1n) is 7.81. The van der Waals surface area contributed by atoms with Gasteiger partial charge in [0.05, 0.1) is 11.5 Å². The zero-order valence-electron chi connectivity index (χ0n) is 12.2. The maximum Gasteiger partial charge on any atom is 0.227 e. The van der Waals surface area contributed by atoms with Crippen molar-refractivity contribution in [3.8, 4) is 0 Å². The molecule has 1 aliphatic heterocycles. The number of carbonyl (C=O) groups excluding carboxylic acids is 1. The summed E-state index contributed by atoms with van der Waals surface area (Å²) in [5.41, 5.74) is -0.218. The van der Waals surface area contributed by atoms with Crippen LogP contribution in [0.1, 0.15) is 51.9 Å². The van der Waals surface area contributed by atoms with Crippen molar-refractivity contribution in [1.29, 1.82) is 0 Å². The molecule has 0 spiro atoms. The molecule has 1 atom stereocenters. The van der Waals surface area contributed by atoms with Crippen LogP contribution in [0.5, 0.6) is 0 Å². The predicted octanol–water partition coefficient (Wildman–Crippen LogP) is 1.84. The van der Waals surface area contributed by atoms with Gasteiger partial charge in [0.25, 0.3) is 0 Å². The van der Waals surface area contributed by atoms with Gasteiger partial charge < -0.3 is 15.4 Å². The van der Waals surface area contributed by atoms with Gasteiger partial charge in [-0.3, -0.25) is 4.79 Å². The van der Waals surface area contributed by atoms with E-state index in [1.807, 2.05) is 0 Å². The Kier molecular flexibility index (Phi) is 5.64. The lowest BCUT2D eigenvalue weighted by molar-refractivity contribution is -0.131. The van der Waals surface area contributed by atoms with Gasteiger partial charge in [-0.05, 0) is 45.6 Å². The Morgan fingerprint density at radius 1 is 1.37 bits per heavy atom. The highest BCUT2D eigenvalue weighted by atomic mass is 16.5. The predicted molar refractivity (Wildman–Crippen MR) is 76.0 cm³/mol. The topological polar surface area (TPSA) is 50.4 Å². The Morgan fingerprint density at radius 2 is 2.16 bits per heavy atom. The molecule has 0 bridgehead atoms. The molecule has 0 aromatic rings. The molecule has 1 saturated carbocycles. The smallest absolute Gasteiger partial charge is 0.227 e. The standard InChI is InChI=1S/C15H28N2O2/c1-15(8-4-9-16-12-15)14(18)17-10-5-11-19-13-6-2-3-7-13/h13,16H,2-12H2,1H3,(H,17,18). The minimum Gasteiger partial charge on any atom is -0.378 e. The number of nitrogens with one attached hydrogen (secondary N) is 2. The van der Waals surface area contributed by atoms with Crippen molar-refractivity contribution in [1.82, 2.24) is 10.6 Å². The molecular weight excluding hydrogens is 240 g/mol. The molecule has 4 heteroatoms. The van der Waals surface area contributed by atoms with Gasteiger partial charge in [0.15, 0.2) is 0 Å². The summed E-state index contributed by atoms with van der Waals surface area (Å²) in [6.07, 6.45) is 8.55. The molecule has 1 saturated heterocycles. The third-order valence-corrected chi connectivity index (χ3v) is 4.41. The maximum atomic E-state index is 12.1. The summed E-state index contributed by atoms with van der Waals surface area (Å²) in [6.45, 7) is 5.42. The summed E-state index contributed by atoms with van der Waals surface area (Å²) < 4.78 is 5.79. The monoisotopic (exact) mass is 268 g/mol. The molecule has 19 heavy (non-hydrogen) atoms. The van der Waals surface area contributed by atoms with Gasteiger partial charge in [-0.25, -0.2) is 0 Å². The summed E-state index contributed by atoms with van der Waals surface area (Å²) in [7, 11) is 0. The first kappa shape index (κ1) is 14.8. The number of carbonyl (C=O) groups is 1. The normalized spacial score (nSPS) is 28.5. The quantitative estimate of drug-likeness (QED) is 0.723. The van der Waals surface area contributed by atoms with Crippen LogP contribution in [-0.2, 0) is 9.53 Å². The van der Waals surface area contributed by atoms with Crippen molar-refractivity contribution in [3.05, 3.63) is 0 Å². The largest absolute Gasteiger partial charge is 0.378 e. The summed E-state index contributed by atoms with van der Waals surface area (Å²) in [4.78, 5) is 12.1. The zero-order chi connectivity index (χ0) is 13.6. The minimum absolute atomic E-state index is 0.195. The fraction of sp³-hybridized carbons (Fsp3) is 0.933. The lowest BCUT2D eigenvalue weighted by Gasteiger charge is -2.32. The molecule has 0 aromatic heterocycles. The van der Waals surface area contributed by atoms with Crippen LogP contribution in [0.4, 0.5) is 0 Å². The molecule has 110 valence electrons. The summed E-state index contributed by atoms with van der Waals surface area (Å²) in [5.74, 6) is 0.195. The van der Waals surface area contributed by atoms with Crippen LogP contribution in [0, 0.1) is 5.41 Å². The van der Waals surface area contributed by atoms with Crippen molar-refractivity contribution in [2.24, 2.45) is 5.41 Å². The van der Waals surface area contributed by atoms with E-state index < -0.39 is 0 Å². The second-order valence-corrected chi connectivity index (χ2v) is 6.23. The molecule has 1 unspecified atom stereocenters. The molecule has 1 amide bonds. The van der Waals surface area contributed by atoms with E-state index in [1.54, 1.807) is 0 Å². The van der Waals surface area contributed by atoms with E-state index in [1.165, 1.54) is 25.7 Å². The van der Waals surface area contributed by atoms with Crippen LogP contribution in [0.3, 0.4) is 0 Å². The zero-order valence-corrected chi connectivity index (χ0v) is 12.2. The molecule has 2 fully saturated rings. The van der Waals surface area contributed by atoms with Gasteiger partial charge in [-0.2, -0.15) is 0 Å². The molecule has 2 aliphatic rings. The van der Waals surface area contributed by atoms with Crippen LogP contribution < -0.4 is 10.6 Å². The van der Waals surface area contributed by atoms with Crippen molar-refractivity contribution in [2.45, 2.75) is 58.0 Å². The molecule has 0 radical (unpaired) electrons. The highest BCUT2D eigenvalue weighted by Crippen LogP contribution is 2.25. The second kappa shape index (κ2) is 7.25. The highest BCUT2D eigenvalue weighted by molar-refractivity contribution is 5.82. The van der Waals surface area contributed by atoms with Crippen LogP contribution in [0.15, 0.2) is 0 Å². The van der Waals surface area contributed by atoms with Gasteiger partial charge in [-0.15, -0.1) is 0 Å². The van der Waals surface area contributed by atoms with E-state index in [-0.39, 0.29) is 11.3 Å². The van der Waals surface area contributed by atoms with Gasteiger partial charge in [0.1, 0.15) is 0 Å². The molecule has 2 rings (SSSR count). The maximum absolute atomic E-state index is 12.1. The number of hydrogen-bond donors (Lipinski definition) is 2. The first-order valence-corrected chi connectivity index (χ1v) is 7.81. The lowest BCUT2D eigenvalue weighted by Crippen LogP contribution is -2.48. The lowest BCUT2D eigenvalue weighted by atomic mass is 9.82. The van der Waals surface area contributed by atoms with Gasteiger partial charge in [0.2, 0.25) is 5.91 Å². The van der Waals surface area contributed by atoms with E-state index in [4.69, 9.17) is 4.74 Å². The highest BCUT2D eigenvalue weighted by Gasteiger charge is 2.34. The molecular formula is C15H28N2O2. The fourth-order valence-electron chi connectivity index (χ4n) is 3.04. The van der Waals surface area contributed by atoms with Crippen molar-refractivity contribution >= 4 is 5.91 Å². The first-order chi connectivity index (χ1) is 9.21. The average Bonchev–Trinajstić information content (AvgIpc) is 2.92. The third-order valence-electron chi connectivity index (χ3n) is 4.41. The molecule has 0 aromatic carbocycles. The summed E-state index contributed by atoms with van der Waals surface area (Å²) in [5, 5.41) is 6.37. The fourth-order valence-corrected chi connectivity index (χ4v) is 3.04.